The second-order valence-corrected chi connectivity index (χ2v) is 6.71. The van der Waals surface area contributed by atoms with E-state index in [0.29, 0.717) is 6.54 Å². The number of benzene rings is 1. The molecule has 0 spiro atoms. The molecule has 2 amide bonds. The fourth-order valence-corrected chi connectivity index (χ4v) is 3.17. The van der Waals surface area contributed by atoms with Crippen molar-refractivity contribution in [3.63, 3.8) is 0 Å². The summed E-state index contributed by atoms with van der Waals surface area (Å²) in [5, 5.41) is 5.90. The molecule has 128 valence electrons. The molecule has 5 nitrogen and oxygen atoms in total. The minimum Gasteiger partial charge on any atom is -0.349 e. The number of nitrogens with zero attached hydrogens (tertiary/aromatic N) is 2. The molecule has 0 bridgehead atoms. The summed E-state index contributed by atoms with van der Waals surface area (Å²) in [6, 6.07) is 15.1. The van der Waals surface area contributed by atoms with Crippen molar-refractivity contribution >= 4 is 6.03 Å². The number of nitrogens with one attached hydrogen (secondary N) is 2. The van der Waals surface area contributed by atoms with Crippen LogP contribution in [0.5, 0.6) is 0 Å². The highest BCUT2D eigenvalue weighted by molar-refractivity contribution is 5.74. The number of rotatable bonds is 5. The zero-order valence-electron chi connectivity index (χ0n) is 14.4. The second-order valence-electron chi connectivity index (χ2n) is 6.71. The largest absolute Gasteiger partial charge is 0.349 e. The predicted octanol–water partition coefficient (Wildman–Crippen LogP) is 2.58. The third-order valence-electron chi connectivity index (χ3n) is 4.36. The van der Waals surface area contributed by atoms with Gasteiger partial charge in [-0.05, 0) is 31.5 Å². The van der Waals surface area contributed by atoms with E-state index in [4.69, 9.17) is 0 Å². The van der Waals surface area contributed by atoms with E-state index in [2.05, 4.69) is 62.7 Å². The number of urea groups is 1. The maximum atomic E-state index is 11.9. The minimum absolute atomic E-state index is 0.0945. The van der Waals surface area contributed by atoms with Gasteiger partial charge in [0.15, 0.2) is 0 Å². The molecule has 2 N–H and O–H groups in total. The summed E-state index contributed by atoms with van der Waals surface area (Å²) in [5.74, 6) is 0. The van der Waals surface area contributed by atoms with Gasteiger partial charge in [0.25, 0.3) is 0 Å². The van der Waals surface area contributed by atoms with E-state index in [1.165, 1.54) is 11.3 Å². The van der Waals surface area contributed by atoms with Crippen molar-refractivity contribution in [3.8, 4) is 0 Å². The van der Waals surface area contributed by atoms with Crippen LogP contribution in [0.25, 0.3) is 0 Å². The van der Waals surface area contributed by atoms with E-state index in [-0.39, 0.29) is 18.1 Å². The number of fused-ring (bicyclic) bond motifs is 1. The van der Waals surface area contributed by atoms with Crippen LogP contribution in [0.3, 0.4) is 0 Å². The van der Waals surface area contributed by atoms with Crippen LogP contribution >= 0.6 is 0 Å². The van der Waals surface area contributed by atoms with Gasteiger partial charge in [-0.2, -0.15) is 0 Å². The second kappa shape index (κ2) is 7.53. The molecule has 5 heteroatoms. The molecule has 2 aromatic rings. The van der Waals surface area contributed by atoms with E-state index in [9.17, 15) is 4.79 Å². The predicted molar refractivity (Wildman–Crippen MR) is 95.6 cm³/mol. The molecule has 24 heavy (non-hydrogen) atoms. The third kappa shape index (κ3) is 4.17. The summed E-state index contributed by atoms with van der Waals surface area (Å²) in [7, 11) is 0. The van der Waals surface area contributed by atoms with Crippen LogP contribution in [0.4, 0.5) is 4.79 Å². The standard InChI is InChI=1S/C19H26N4O/c1-15(2)21-19(24)20-11-18-14-22-10-6-9-17(22)13-23(18)12-16-7-4-3-5-8-16/h3-10,15,18H,11-14H2,1-2H3,(H2,20,21,24). The van der Waals surface area contributed by atoms with Gasteiger partial charge in [0, 0.05) is 50.2 Å². The summed E-state index contributed by atoms with van der Waals surface area (Å²) < 4.78 is 2.29. The van der Waals surface area contributed by atoms with Crippen LogP contribution in [0, 0.1) is 0 Å². The first-order chi connectivity index (χ1) is 11.6. The van der Waals surface area contributed by atoms with Gasteiger partial charge in [-0.1, -0.05) is 30.3 Å². The highest BCUT2D eigenvalue weighted by atomic mass is 16.2. The van der Waals surface area contributed by atoms with E-state index in [1.54, 1.807) is 0 Å². The molecule has 0 aliphatic carbocycles. The summed E-state index contributed by atoms with van der Waals surface area (Å²) in [6.45, 7) is 7.27. The average molecular weight is 326 g/mol. The molecule has 1 unspecified atom stereocenters. The normalized spacial score (nSPS) is 17.5. The fourth-order valence-electron chi connectivity index (χ4n) is 3.17. The molecule has 0 saturated carbocycles. The molecule has 0 radical (unpaired) electrons. The van der Waals surface area contributed by atoms with Crippen molar-refractivity contribution in [1.82, 2.24) is 20.1 Å². The topological polar surface area (TPSA) is 49.3 Å². The summed E-state index contributed by atoms with van der Waals surface area (Å²) in [6.07, 6.45) is 2.12. The number of carbonyl (C=O) groups excluding carboxylic acids is 1. The monoisotopic (exact) mass is 326 g/mol. The zero-order valence-corrected chi connectivity index (χ0v) is 14.4. The summed E-state index contributed by atoms with van der Waals surface area (Å²) >= 11 is 0. The Bertz CT molecular complexity index is 665. The van der Waals surface area contributed by atoms with Crippen molar-refractivity contribution in [2.45, 2.75) is 45.6 Å². The van der Waals surface area contributed by atoms with Crippen LogP contribution in [-0.2, 0) is 19.6 Å². The van der Waals surface area contributed by atoms with Gasteiger partial charge in [0.05, 0.1) is 0 Å². The summed E-state index contributed by atoms with van der Waals surface area (Å²) in [4.78, 5) is 14.4. The van der Waals surface area contributed by atoms with E-state index in [0.717, 1.165) is 19.6 Å². The molecule has 0 saturated heterocycles. The first-order valence-electron chi connectivity index (χ1n) is 8.58. The molecule has 2 heterocycles. The van der Waals surface area contributed by atoms with Crippen LogP contribution in [0.15, 0.2) is 48.7 Å². The van der Waals surface area contributed by atoms with Crippen LogP contribution < -0.4 is 10.6 Å². The molecule has 1 atom stereocenters. The molecule has 0 fully saturated rings. The number of hydrogen-bond donors (Lipinski definition) is 2. The number of hydrogen-bond acceptors (Lipinski definition) is 2. The Morgan fingerprint density at radius 3 is 2.75 bits per heavy atom. The van der Waals surface area contributed by atoms with Crippen LogP contribution in [-0.4, -0.2) is 34.1 Å². The first kappa shape index (κ1) is 16.6. The molecule has 3 rings (SSSR count). The van der Waals surface area contributed by atoms with Gasteiger partial charge >= 0.3 is 6.03 Å². The number of carbonyl (C=O) groups is 1. The average Bonchev–Trinajstić information content (AvgIpc) is 3.00. The van der Waals surface area contributed by atoms with Gasteiger partial charge in [-0.15, -0.1) is 0 Å². The molecular formula is C19H26N4O. The van der Waals surface area contributed by atoms with Crippen LogP contribution in [0.2, 0.25) is 0 Å². The Balaban J connectivity index is 1.67. The first-order valence-corrected chi connectivity index (χ1v) is 8.58. The Labute approximate surface area is 143 Å². The SMILES string of the molecule is CC(C)NC(=O)NCC1Cn2cccc2CN1Cc1ccccc1. The van der Waals surface area contributed by atoms with E-state index >= 15 is 0 Å². The lowest BCUT2D eigenvalue weighted by molar-refractivity contribution is 0.130. The Hall–Kier alpha value is -2.27. The maximum absolute atomic E-state index is 11.9. The molecule has 1 aliphatic heterocycles. The minimum atomic E-state index is -0.0945. The number of aromatic nitrogens is 1. The smallest absolute Gasteiger partial charge is 0.315 e. The van der Waals surface area contributed by atoms with Gasteiger partial charge in [-0.25, -0.2) is 4.79 Å². The van der Waals surface area contributed by atoms with Crippen molar-refractivity contribution in [3.05, 3.63) is 59.9 Å². The zero-order chi connectivity index (χ0) is 16.9. The van der Waals surface area contributed by atoms with Gasteiger partial charge < -0.3 is 15.2 Å². The third-order valence-corrected chi connectivity index (χ3v) is 4.36. The molecule has 1 aliphatic rings. The van der Waals surface area contributed by atoms with Crippen molar-refractivity contribution in [1.29, 1.82) is 0 Å². The highest BCUT2D eigenvalue weighted by Crippen LogP contribution is 2.20. The lowest BCUT2D eigenvalue weighted by atomic mass is 10.1. The van der Waals surface area contributed by atoms with E-state index in [1.807, 2.05) is 19.9 Å². The quantitative estimate of drug-likeness (QED) is 0.887. The molecule has 1 aromatic carbocycles. The molecular weight excluding hydrogens is 300 g/mol. The number of amides is 2. The Morgan fingerprint density at radius 2 is 2.00 bits per heavy atom. The maximum Gasteiger partial charge on any atom is 0.315 e. The van der Waals surface area contributed by atoms with Gasteiger partial charge in [0.2, 0.25) is 0 Å². The van der Waals surface area contributed by atoms with Crippen LogP contribution in [0.1, 0.15) is 25.1 Å². The van der Waals surface area contributed by atoms with Gasteiger partial charge in [0.1, 0.15) is 0 Å². The van der Waals surface area contributed by atoms with Gasteiger partial charge in [-0.3, -0.25) is 4.90 Å². The Morgan fingerprint density at radius 1 is 1.21 bits per heavy atom. The summed E-state index contributed by atoms with van der Waals surface area (Å²) in [5.41, 5.74) is 2.63. The lowest BCUT2D eigenvalue weighted by Gasteiger charge is -2.37. The highest BCUT2D eigenvalue weighted by Gasteiger charge is 2.26. The van der Waals surface area contributed by atoms with Crippen molar-refractivity contribution < 1.29 is 4.79 Å². The van der Waals surface area contributed by atoms with Crippen molar-refractivity contribution in [2.75, 3.05) is 6.54 Å². The molecule has 1 aromatic heterocycles. The lowest BCUT2D eigenvalue weighted by Crippen LogP contribution is -2.50. The fraction of sp³-hybridized carbons (Fsp3) is 0.421. The Kier molecular flexibility index (Phi) is 5.20. The van der Waals surface area contributed by atoms with Crippen molar-refractivity contribution in [2.24, 2.45) is 0 Å². The van der Waals surface area contributed by atoms with E-state index < -0.39 is 0 Å².